The van der Waals surface area contributed by atoms with Crippen LogP contribution in [0.1, 0.15) is 11.5 Å². The van der Waals surface area contributed by atoms with E-state index in [1.54, 1.807) is 12.1 Å². The van der Waals surface area contributed by atoms with Crippen molar-refractivity contribution in [1.29, 1.82) is 10.5 Å². The quantitative estimate of drug-likeness (QED) is 0.574. The minimum Gasteiger partial charge on any atom is -0.258 e. The van der Waals surface area contributed by atoms with Crippen LogP contribution in [0.2, 0.25) is 0 Å². The number of benzene rings is 1. The number of hydrogen-bond donors (Lipinski definition) is 0. The van der Waals surface area contributed by atoms with Gasteiger partial charge in [-0.15, -0.1) is 0 Å². The Kier molecular flexibility index (Phi) is 3.32. The first-order valence-corrected chi connectivity index (χ1v) is 4.23. The fourth-order valence-electron chi connectivity index (χ4n) is 1.30. The molecule has 1 rings (SSSR count). The van der Waals surface area contributed by atoms with E-state index in [-0.39, 0.29) is 5.56 Å². The predicted molar refractivity (Wildman–Crippen MR) is 53.7 cm³/mol. The Morgan fingerprint density at radius 3 is 2.12 bits per heavy atom. The Hall–Kier alpha value is -3.00. The van der Waals surface area contributed by atoms with Gasteiger partial charge in [0, 0.05) is 6.07 Å². The zero-order valence-corrected chi connectivity index (χ0v) is 8.23. The van der Waals surface area contributed by atoms with Crippen molar-refractivity contribution in [2.24, 2.45) is 0 Å². The summed E-state index contributed by atoms with van der Waals surface area (Å²) < 4.78 is 0. The normalized spacial score (nSPS) is 9.35. The molecule has 0 N–H and O–H groups in total. The summed E-state index contributed by atoms with van der Waals surface area (Å²) in [4.78, 5) is 19.5. The molecule has 0 saturated heterocycles. The standard InChI is InChI=1S/C9H4N4O4/c10-4-6(5-11)7-2-1-3-8(12(14)15)9(7)13(16)17/h1-3,6H. The van der Waals surface area contributed by atoms with Crippen molar-refractivity contribution >= 4 is 11.4 Å². The smallest absolute Gasteiger partial charge is 0.258 e. The van der Waals surface area contributed by atoms with Crippen LogP contribution in [-0.2, 0) is 0 Å². The van der Waals surface area contributed by atoms with Crippen LogP contribution < -0.4 is 0 Å². The zero-order chi connectivity index (χ0) is 13.0. The van der Waals surface area contributed by atoms with Crippen molar-refractivity contribution in [3.63, 3.8) is 0 Å². The highest BCUT2D eigenvalue weighted by Gasteiger charge is 2.31. The third kappa shape index (κ3) is 2.16. The van der Waals surface area contributed by atoms with E-state index in [0.29, 0.717) is 0 Å². The second-order valence-corrected chi connectivity index (χ2v) is 2.92. The monoisotopic (exact) mass is 232 g/mol. The Bertz CT molecular complexity index is 555. The van der Waals surface area contributed by atoms with E-state index in [0.717, 1.165) is 12.1 Å². The van der Waals surface area contributed by atoms with Gasteiger partial charge < -0.3 is 0 Å². The molecule has 0 aliphatic carbocycles. The maximum atomic E-state index is 10.8. The third-order valence-electron chi connectivity index (χ3n) is 1.99. The second kappa shape index (κ2) is 4.68. The van der Waals surface area contributed by atoms with Crippen molar-refractivity contribution < 1.29 is 9.85 Å². The molecule has 17 heavy (non-hydrogen) atoms. The van der Waals surface area contributed by atoms with Gasteiger partial charge in [-0.3, -0.25) is 20.2 Å². The fourth-order valence-corrected chi connectivity index (χ4v) is 1.30. The van der Waals surface area contributed by atoms with Crippen LogP contribution in [0.5, 0.6) is 0 Å². The number of nitro groups is 2. The number of nitro benzene ring substituents is 2. The number of rotatable bonds is 3. The fraction of sp³-hybridized carbons (Fsp3) is 0.111. The number of para-hydroxylation sites is 1. The summed E-state index contributed by atoms with van der Waals surface area (Å²) in [6, 6.07) is 6.39. The minimum absolute atomic E-state index is 0.269. The molecule has 1 aromatic rings. The molecule has 0 fully saturated rings. The molecule has 0 unspecified atom stereocenters. The average Bonchev–Trinajstić information content (AvgIpc) is 2.30. The van der Waals surface area contributed by atoms with Crippen LogP contribution in [0.15, 0.2) is 18.2 Å². The molecule has 0 saturated carbocycles. The number of nitriles is 2. The van der Waals surface area contributed by atoms with Crippen molar-refractivity contribution in [2.45, 2.75) is 5.92 Å². The van der Waals surface area contributed by atoms with Gasteiger partial charge in [0.1, 0.15) is 0 Å². The molecule has 0 aliphatic rings. The summed E-state index contributed by atoms with van der Waals surface area (Å²) in [6.45, 7) is 0. The molecule has 0 spiro atoms. The minimum atomic E-state index is -1.41. The lowest BCUT2D eigenvalue weighted by atomic mass is 9.99. The van der Waals surface area contributed by atoms with E-state index in [1.807, 2.05) is 0 Å². The number of hydrogen-bond acceptors (Lipinski definition) is 6. The van der Waals surface area contributed by atoms with Gasteiger partial charge in [-0.1, -0.05) is 6.07 Å². The number of nitrogens with zero attached hydrogens (tertiary/aromatic N) is 4. The van der Waals surface area contributed by atoms with E-state index in [9.17, 15) is 20.2 Å². The first-order valence-electron chi connectivity index (χ1n) is 4.23. The molecular weight excluding hydrogens is 228 g/mol. The maximum Gasteiger partial charge on any atom is 0.351 e. The lowest BCUT2D eigenvalue weighted by Crippen LogP contribution is -2.03. The van der Waals surface area contributed by atoms with E-state index in [2.05, 4.69) is 0 Å². The molecule has 0 atom stereocenters. The first kappa shape index (κ1) is 12.1. The summed E-state index contributed by atoms with van der Waals surface area (Å²) in [5, 5.41) is 38.7. The molecule has 8 heteroatoms. The predicted octanol–water partition coefficient (Wildman–Crippen LogP) is 1.63. The van der Waals surface area contributed by atoms with E-state index >= 15 is 0 Å². The van der Waals surface area contributed by atoms with Crippen LogP contribution >= 0.6 is 0 Å². The Labute approximate surface area is 94.6 Å². The van der Waals surface area contributed by atoms with Gasteiger partial charge >= 0.3 is 11.4 Å². The first-order chi connectivity index (χ1) is 8.02. The largest absolute Gasteiger partial charge is 0.351 e. The molecular formula is C9H4N4O4. The molecule has 0 aliphatic heterocycles. The highest BCUT2D eigenvalue weighted by Crippen LogP contribution is 2.34. The molecule has 8 nitrogen and oxygen atoms in total. The molecule has 0 aromatic heterocycles. The molecule has 0 bridgehead atoms. The highest BCUT2D eigenvalue weighted by molar-refractivity contribution is 5.61. The van der Waals surface area contributed by atoms with Crippen molar-refractivity contribution in [2.75, 3.05) is 0 Å². The summed E-state index contributed by atoms with van der Waals surface area (Å²) in [5.74, 6) is -1.41. The van der Waals surface area contributed by atoms with Gasteiger partial charge in [0.25, 0.3) is 0 Å². The van der Waals surface area contributed by atoms with Gasteiger partial charge in [-0.25, -0.2) is 0 Å². The van der Waals surface area contributed by atoms with E-state index in [4.69, 9.17) is 10.5 Å². The van der Waals surface area contributed by atoms with E-state index in [1.165, 1.54) is 6.07 Å². The van der Waals surface area contributed by atoms with Gasteiger partial charge in [0.2, 0.25) is 0 Å². The summed E-state index contributed by atoms with van der Waals surface area (Å²) in [7, 11) is 0. The lowest BCUT2D eigenvalue weighted by Gasteiger charge is -2.02. The van der Waals surface area contributed by atoms with Gasteiger partial charge in [0.15, 0.2) is 5.92 Å². The van der Waals surface area contributed by atoms with Crippen LogP contribution in [0, 0.1) is 42.9 Å². The lowest BCUT2D eigenvalue weighted by molar-refractivity contribution is -0.423. The Balaban J connectivity index is 3.58. The average molecular weight is 232 g/mol. The Morgan fingerprint density at radius 1 is 1.12 bits per heavy atom. The van der Waals surface area contributed by atoms with Gasteiger partial charge in [-0.05, 0) is 6.07 Å². The van der Waals surface area contributed by atoms with Crippen LogP contribution in [-0.4, -0.2) is 9.85 Å². The SMILES string of the molecule is N#CC(C#N)c1cccc([N+](=O)[O-])c1[N+](=O)[O-]. The second-order valence-electron chi connectivity index (χ2n) is 2.92. The molecule has 84 valence electrons. The van der Waals surface area contributed by atoms with Gasteiger partial charge in [0.05, 0.1) is 27.5 Å². The van der Waals surface area contributed by atoms with Crippen molar-refractivity contribution in [1.82, 2.24) is 0 Å². The highest BCUT2D eigenvalue weighted by atomic mass is 16.6. The molecule has 1 aromatic carbocycles. The Morgan fingerprint density at radius 2 is 1.71 bits per heavy atom. The molecule has 0 amide bonds. The third-order valence-corrected chi connectivity index (χ3v) is 1.99. The van der Waals surface area contributed by atoms with E-state index < -0.39 is 27.1 Å². The topological polar surface area (TPSA) is 134 Å². The van der Waals surface area contributed by atoms with Crippen LogP contribution in [0.3, 0.4) is 0 Å². The van der Waals surface area contributed by atoms with Crippen molar-refractivity contribution in [3.05, 3.63) is 44.0 Å². The zero-order valence-electron chi connectivity index (χ0n) is 8.23. The van der Waals surface area contributed by atoms with Crippen LogP contribution in [0.25, 0.3) is 0 Å². The molecule has 0 radical (unpaired) electrons. The maximum absolute atomic E-state index is 10.8. The van der Waals surface area contributed by atoms with Gasteiger partial charge in [-0.2, -0.15) is 10.5 Å². The summed E-state index contributed by atoms with van der Waals surface area (Å²) >= 11 is 0. The molecule has 0 heterocycles. The summed E-state index contributed by atoms with van der Waals surface area (Å²) in [5.41, 5.74) is -1.82. The van der Waals surface area contributed by atoms with Crippen LogP contribution in [0.4, 0.5) is 11.4 Å². The van der Waals surface area contributed by atoms with Crippen molar-refractivity contribution in [3.8, 4) is 12.1 Å². The summed E-state index contributed by atoms with van der Waals surface area (Å²) in [6.07, 6.45) is 0.